The summed E-state index contributed by atoms with van der Waals surface area (Å²) >= 11 is 0. The second-order valence-corrected chi connectivity index (χ2v) is 4.93. The molecule has 0 radical (unpaired) electrons. The molecule has 1 N–H and O–H groups in total. The molecule has 1 aliphatic heterocycles. The van der Waals surface area contributed by atoms with Gasteiger partial charge in [0, 0.05) is 23.5 Å². The zero-order valence-corrected chi connectivity index (χ0v) is 10.7. The third-order valence-electron chi connectivity index (χ3n) is 3.68. The average Bonchev–Trinajstić information content (AvgIpc) is 2.87. The van der Waals surface area contributed by atoms with Crippen LogP contribution in [0.3, 0.4) is 0 Å². The zero-order valence-electron chi connectivity index (χ0n) is 10.7. The average molecular weight is 276 g/mol. The van der Waals surface area contributed by atoms with Crippen LogP contribution in [0.2, 0.25) is 0 Å². The molecule has 2 atom stereocenters. The summed E-state index contributed by atoms with van der Waals surface area (Å²) in [6.45, 7) is 0.330. The molecule has 20 heavy (non-hydrogen) atoms. The standard InChI is InChI=1S/C16H14F2O2/c17-13-5-3-6-14(18)11(13)8-15(19)12-9-20-16-7-2-1-4-10(12)16/h1-7,12,15,19H,8-9H2. The van der Waals surface area contributed by atoms with E-state index in [1.54, 1.807) is 0 Å². The minimum Gasteiger partial charge on any atom is -0.493 e. The van der Waals surface area contributed by atoms with Gasteiger partial charge in [0.15, 0.2) is 0 Å². The number of ether oxygens (including phenoxy) is 1. The first kappa shape index (κ1) is 13.1. The van der Waals surface area contributed by atoms with Crippen LogP contribution in [-0.2, 0) is 6.42 Å². The van der Waals surface area contributed by atoms with Gasteiger partial charge < -0.3 is 9.84 Å². The van der Waals surface area contributed by atoms with Crippen LogP contribution in [0.1, 0.15) is 17.0 Å². The second kappa shape index (κ2) is 5.21. The number of hydrogen-bond donors (Lipinski definition) is 1. The number of rotatable bonds is 3. The molecule has 0 amide bonds. The minimum absolute atomic E-state index is 0.0686. The predicted molar refractivity (Wildman–Crippen MR) is 70.7 cm³/mol. The number of para-hydroxylation sites is 1. The molecule has 1 heterocycles. The number of fused-ring (bicyclic) bond motifs is 1. The fraction of sp³-hybridized carbons (Fsp3) is 0.250. The molecule has 0 fully saturated rings. The summed E-state index contributed by atoms with van der Waals surface area (Å²) in [5.41, 5.74) is 0.807. The van der Waals surface area contributed by atoms with Crippen molar-refractivity contribution in [2.24, 2.45) is 0 Å². The SMILES string of the molecule is OC(Cc1c(F)cccc1F)C1COc2ccccc21. The molecule has 2 aromatic carbocycles. The van der Waals surface area contributed by atoms with E-state index in [0.717, 1.165) is 11.3 Å². The van der Waals surface area contributed by atoms with E-state index in [1.165, 1.54) is 18.2 Å². The number of aliphatic hydroxyl groups is 1. The van der Waals surface area contributed by atoms with E-state index < -0.39 is 17.7 Å². The van der Waals surface area contributed by atoms with Gasteiger partial charge in [-0.05, 0) is 18.2 Å². The van der Waals surface area contributed by atoms with Gasteiger partial charge in [-0.2, -0.15) is 0 Å². The van der Waals surface area contributed by atoms with Crippen LogP contribution in [0.5, 0.6) is 5.75 Å². The lowest BCUT2D eigenvalue weighted by atomic mass is 9.91. The quantitative estimate of drug-likeness (QED) is 0.933. The first-order chi connectivity index (χ1) is 9.66. The molecule has 1 aliphatic rings. The molecule has 4 heteroatoms. The minimum atomic E-state index is -0.884. The van der Waals surface area contributed by atoms with Gasteiger partial charge in [-0.25, -0.2) is 8.78 Å². The molecule has 3 rings (SSSR count). The van der Waals surface area contributed by atoms with Gasteiger partial charge in [0.25, 0.3) is 0 Å². The largest absolute Gasteiger partial charge is 0.493 e. The molecular weight excluding hydrogens is 262 g/mol. The Kier molecular flexibility index (Phi) is 3.40. The summed E-state index contributed by atoms with van der Waals surface area (Å²) in [6.07, 6.45) is -0.953. The van der Waals surface area contributed by atoms with Crippen molar-refractivity contribution in [1.82, 2.24) is 0 Å². The molecule has 0 saturated heterocycles. The highest BCUT2D eigenvalue weighted by molar-refractivity contribution is 5.40. The van der Waals surface area contributed by atoms with E-state index >= 15 is 0 Å². The van der Waals surface area contributed by atoms with Crippen molar-refractivity contribution >= 4 is 0 Å². The van der Waals surface area contributed by atoms with Gasteiger partial charge in [-0.1, -0.05) is 24.3 Å². The van der Waals surface area contributed by atoms with Gasteiger partial charge in [-0.3, -0.25) is 0 Å². The smallest absolute Gasteiger partial charge is 0.129 e. The fourth-order valence-corrected chi connectivity index (χ4v) is 2.58. The maximum atomic E-state index is 13.6. The molecule has 0 saturated carbocycles. The van der Waals surface area contributed by atoms with Crippen molar-refractivity contribution < 1.29 is 18.6 Å². The zero-order chi connectivity index (χ0) is 14.1. The summed E-state index contributed by atoms with van der Waals surface area (Å²) in [5.74, 6) is -0.789. The summed E-state index contributed by atoms with van der Waals surface area (Å²) in [4.78, 5) is 0. The lowest BCUT2D eigenvalue weighted by molar-refractivity contribution is 0.127. The normalized spacial score (nSPS) is 18.4. The Labute approximate surface area is 115 Å². The van der Waals surface area contributed by atoms with Crippen LogP contribution in [0.15, 0.2) is 42.5 Å². The summed E-state index contributed by atoms with van der Waals surface area (Å²) in [7, 11) is 0. The Morgan fingerprint density at radius 3 is 2.55 bits per heavy atom. The van der Waals surface area contributed by atoms with Gasteiger partial charge in [0.2, 0.25) is 0 Å². The van der Waals surface area contributed by atoms with Crippen molar-refractivity contribution in [3.8, 4) is 5.75 Å². The number of halogens is 2. The Hall–Kier alpha value is -1.94. The van der Waals surface area contributed by atoms with Crippen LogP contribution in [0.25, 0.3) is 0 Å². The summed E-state index contributed by atoms with van der Waals surface area (Å²) in [6, 6.07) is 11.1. The van der Waals surface area contributed by atoms with Crippen molar-refractivity contribution in [3.63, 3.8) is 0 Å². The van der Waals surface area contributed by atoms with Gasteiger partial charge in [0.1, 0.15) is 17.4 Å². The Balaban J connectivity index is 1.83. The van der Waals surface area contributed by atoms with Crippen LogP contribution < -0.4 is 4.74 Å². The van der Waals surface area contributed by atoms with Gasteiger partial charge >= 0.3 is 0 Å². The van der Waals surface area contributed by atoms with E-state index in [-0.39, 0.29) is 17.9 Å². The van der Waals surface area contributed by atoms with E-state index in [2.05, 4.69) is 0 Å². The Bertz CT molecular complexity index is 607. The number of benzene rings is 2. The van der Waals surface area contributed by atoms with Crippen LogP contribution in [-0.4, -0.2) is 17.8 Å². The van der Waals surface area contributed by atoms with Crippen molar-refractivity contribution in [3.05, 3.63) is 65.2 Å². The van der Waals surface area contributed by atoms with Crippen LogP contribution in [0.4, 0.5) is 8.78 Å². The highest BCUT2D eigenvalue weighted by atomic mass is 19.1. The number of hydrogen-bond acceptors (Lipinski definition) is 2. The molecular formula is C16H14F2O2. The van der Waals surface area contributed by atoms with Crippen LogP contribution >= 0.6 is 0 Å². The van der Waals surface area contributed by atoms with E-state index in [9.17, 15) is 13.9 Å². The van der Waals surface area contributed by atoms with Crippen molar-refractivity contribution in [2.45, 2.75) is 18.4 Å². The van der Waals surface area contributed by atoms with Gasteiger partial charge in [-0.15, -0.1) is 0 Å². The molecule has 2 unspecified atom stereocenters. The van der Waals surface area contributed by atoms with Crippen LogP contribution in [0, 0.1) is 11.6 Å². The maximum Gasteiger partial charge on any atom is 0.129 e. The first-order valence-electron chi connectivity index (χ1n) is 6.49. The van der Waals surface area contributed by atoms with Crippen molar-refractivity contribution in [2.75, 3.05) is 6.61 Å². The Morgan fingerprint density at radius 2 is 1.80 bits per heavy atom. The highest BCUT2D eigenvalue weighted by Crippen LogP contribution is 2.36. The predicted octanol–water partition coefficient (Wildman–Crippen LogP) is 3.04. The number of aliphatic hydroxyl groups excluding tert-OH is 1. The van der Waals surface area contributed by atoms with Gasteiger partial charge in [0.05, 0.1) is 12.7 Å². The fourth-order valence-electron chi connectivity index (χ4n) is 2.58. The molecule has 104 valence electrons. The molecule has 0 bridgehead atoms. The van der Waals surface area contributed by atoms with E-state index in [1.807, 2.05) is 24.3 Å². The van der Waals surface area contributed by atoms with E-state index in [0.29, 0.717) is 6.61 Å². The molecule has 0 aliphatic carbocycles. The monoisotopic (exact) mass is 276 g/mol. The third-order valence-corrected chi connectivity index (χ3v) is 3.68. The highest BCUT2D eigenvalue weighted by Gasteiger charge is 2.31. The van der Waals surface area contributed by atoms with Crippen molar-refractivity contribution in [1.29, 1.82) is 0 Å². The summed E-state index contributed by atoms with van der Waals surface area (Å²) in [5, 5.41) is 10.3. The maximum absolute atomic E-state index is 13.6. The lowest BCUT2D eigenvalue weighted by Crippen LogP contribution is -2.23. The second-order valence-electron chi connectivity index (χ2n) is 4.93. The Morgan fingerprint density at radius 1 is 1.10 bits per heavy atom. The van der Waals surface area contributed by atoms with E-state index in [4.69, 9.17) is 4.74 Å². The molecule has 0 spiro atoms. The lowest BCUT2D eigenvalue weighted by Gasteiger charge is -2.17. The third kappa shape index (κ3) is 2.27. The molecule has 2 aromatic rings. The molecule has 2 nitrogen and oxygen atoms in total. The summed E-state index contributed by atoms with van der Waals surface area (Å²) < 4.78 is 32.7. The topological polar surface area (TPSA) is 29.5 Å². The first-order valence-corrected chi connectivity index (χ1v) is 6.49. The molecule has 0 aromatic heterocycles.